The molecule has 0 aliphatic heterocycles. The Morgan fingerprint density at radius 3 is 2.31 bits per heavy atom. The van der Waals surface area contributed by atoms with Gasteiger partial charge in [-0.1, -0.05) is 59.6 Å². The molecule has 4 aromatic rings. The van der Waals surface area contributed by atoms with Gasteiger partial charge in [-0.15, -0.1) is 0 Å². The molecular formula is C30H28ClN3O4S. The van der Waals surface area contributed by atoms with E-state index >= 15 is 0 Å². The molecule has 0 fully saturated rings. The van der Waals surface area contributed by atoms with Crippen molar-refractivity contribution >= 4 is 39.4 Å². The monoisotopic (exact) mass is 561 g/mol. The highest BCUT2D eigenvalue weighted by Gasteiger charge is 2.28. The highest BCUT2D eigenvalue weighted by molar-refractivity contribution is 7.92. The summed E-state index contributed by atoms with van der Waals surface area (Å²) >= 11 is 5.91. The number of carbonyl (C=O) groups excluding carboxylic acids is 1. The molecule has 0 bridgehead atoms. The van der Waals surface area contributed by atoms with Gasteiger partial charge in [-0.2, -0.15) is 5.10 Å². The summed E-state index contributed by atoms with van der Waals surface area (Å²) in [5, 5.41) is 4.68. The number of hydrazone groups is 1. The van der Waals surface area contributed by atoms with Gasteiger partial charge in [0.15, 0.2) is 0 Å². The number of nitrogens with one attached hydrogen (secondary N) is 1. The number of anilines is 1. The predicted octanol–water partition coefficient (Wildman–Crippen LogP) is 5.88. The van der Waals surface area contributed by atoms with Crippen LogP contribution < -0.4 is 14.5 Å². The van der Waals surface area contributed by atoms with Crippen LogP contribution in [0.1, 0.15) is 22.3 Å². The van der Waals surface area contributed by atoms with Crippen molar-refractivity contribution in [1.82, 2.24) is 5.43 Å². The molecule has 0 aromatic heterocycles. The van der Waals surface area contributed by atoms with Crippen molar-refractivity contribution in [3.63, 3.8) is 0 Å². The second-order valence-corrected chi connectivity index (χ2v) is 11.2. The number of amides is 1. The fraction of sp³-hybridized carbons (Fsp3) is 0.133. The summed E-state index contributed by atoms with van der Waals surface area (Å²) in [6.45, 7) is 3.71. The fourth-order valence-electron chi connectivity index (χ4n) is 3.85. The van der Waals surface area contributed by atoms with Crippen LogP contribution in [0.2, 0.25) is 5.02 Å². The number of rotatable bonds is 10. The fourth-order valence-corrected chi connectivity index (χ4v) is 5.48. The van der Waals surface area contributed by atoms with Crippen molar-refractivity contribution in [2.45, 2.75) is 25.3 Å². The topological polar surface area (TPSA) is 88.1 Å². The number of sulfonamides is 1. The van der Waals surface area contributed by atoms with E-state index in [0.29, 0.717) is 23.1 Å². The molecule has 0 aliphatic rings. The van der Waals surface area contributed by atoms with Crippen LogP contribution in [0, 0.1) is 13.8 Å². The van der Waals surface area contributed by atoms with E-state index in [1.54, 1.807) is 48.5 Å². The van der Waals surface area contributed by atoms with Crippen LogP contribution in [-0.2, 0) is 21.4 Å². The maximum absolute atomic E-state index is 13.5. The Labute approximate surface area is 233 Å². The Morgan fingerprint density at radius 1 is 0.949 bits per heavy atom. The Bertz CT molecular complexity index is 1560. The molecule has 0 saturated heterocycles. The first-order valence-electron chi connectivity index (χ1n) is 12.2. The number of hydrogen-bond donors (Lipinski definition) is 1. The highest BCUT2D eigenvalue weighted by Crippen LogP contribution is 2.27. The average molecular weight is 562 g/mol. The zero-order valence-electron chi connectivity index (χ0n) is 21.5. The third-order valence-electron chi connectivity index (χ3n) is 5.84. The first-order valence-corrected chi connectivity index (χ1v) is 14.0. The molecule has 4 aromatic carbocycles. The average Bonchev–Trinajstić information content (AvgIpc) is 2.93. The van der Waals surface area contributed by atoms with Crippen LogP contribution >= 0.6 is 11.6 Å². The standard InChI is InChI=1S/C30H28ClN3O4S/c1-22-8-17-29(23(2)18-22)34(39(36,37)28-6-4-3-5-7-28)20-30(35)33-32-19-24-11-15-27(16-12-24)38-21-25-9-13-26(31)14-10-25/h3-19H,20-21H2,1-2H3,(H,33,35)/b32-19-. The molecule has 1 N–H and O–H groups in total. The maximum Gasteiger partial charge on any atom is 0.264 e. The van der Waals surface area contributed by atoms with Crippen molar-refractivity contribution in [2.24, 2.45) is 5.10 Å². The minimum absolute atomic E-state index is 0.0969. The third-order valence-corrected chi connectivity index (χ3v) is 7.87. The number of carbonyl (C=O) groups is 1. The smallest absolute Gasteiger partial charge is 0.264 e. The van der Waals surface area contributed by atoms with Gasteiger partial charge >= 0.3 is 0 Å². The van der Waals surface area contributed by atoms with E-state index in [1.165, 1.54) is 18.3 Å². The van der Waals surface area contributed by atoms with Gasteiger partial charge in [0.25, 0.3) is 15.9 Å². The number of benzene rings is 4. The quantitative estimate of drug-likeness (QED) is 0.193. The summed E-state index contributed by atoms with van der Waals surface area (Å²) in [5.74, 6) is 0.106. The maximum atomic E-state index is 13.5. The van der Waals surface area contributed by atoms with Crippen LogP contribution in [0.3, 0.4) is 0 Å². The van der Waals surface area contributed by atoms with Crippen LogP contribution in [0.25, 0.3) is 0 Å². The summed E-state index contributed by atoms with van der Waals surface area (Å²) in [5.41, 5.74) is 6.32. The number of nitrogens with zero attached hydrogens (tertiary/aromatic N) is 2. The molecule has 0 aliphatic carbocycles. The van der Waals surface area contributed by atoms with Gasteiger partial charge in [0.05, 0.1) is 16.8 Å². The molecule has 200 valence electrons. The molecule has 9 heteroatoms. The number of hydrogen-bond acceptors (Lipinski definition) is 5. The van der Waals surface area contributed by atoms with Crippen molar-refractivity contribution in [1.29, 1.82) is 0 Å². The summed E-state index contributed by atoms with van der Waals surface area (Å²) in [6, 6.07) is 28.1. The molecule has 0 heterocycles. The van der Waals surface area contributed by atoms with E-state index in [1.807, 2.05) is 50.2 Å². The second kappa shape index (κ2) is 12.6. The Hall–Kier alpha value is -4.14. The molecular weight excluding hydrogens is 534 g/mol. The largest absolute Gasteiger partial charge is 0.489 e. The van der Waals surface area contributed by atoms with Gasteiger partial charge in [-0.25, -0.2) is 13.8 Å². The lowest BCUT2D eigenvalue weighted by atomic mass is 10.1. The molecule has 39 heavy (non-hydrogen) atoms. The van der Waals surface area contributed by atoms with Gasteiger partial charge in [-0.05, 0) is 85.1 Å². The van der Waals surface area contributed by atoms with Crippen molar-refractivity contribution in [3.05, 3.63) is 124 Å². The lowest BCUT2D eigenvalue weighted by Crippen LogP contribution is -2.40. The molecule has 4 rings (SSSR count). The zero-order valence-corrected chi connectivity index (χ0v) is 23.1. The molecule has 1 amide bonds. The highest BCUT2D eigenvalue weighted by atomic mass is 35.5. The van der Waals surface area contributed by atoms with E-state index in [2.05, 4.69) is 10.5 Å². The van der Waals surface area contributed by atoms with E-state index < -0.39 is 22.5 Å². The molecule has 0 atom stereocenters. The van der Waals surface area contributed by atoms with Crippen molar-refractivity contribution in [2.75, 3.05) is 10.8 Å². The van der Waals surface area contributed by atoms with Gasteiger partial charge in [0.1, 0.15) is 18.9 Å². The van der Waals surface area contributed by atoms with Crippen LogP contribution in [0.4, 0.5) is 5.69 Å². The number of ether oxygens (including phenoxy) is 1. The number of halogens is 1. The van der Waals surface area contributed by atoms with Gasteiger partial charge in [0.2, 0.25) is 0 Å². The normalized spacial score (nSPS) is 11.4. The van der Waals surface area contributed by atoms with Gasteiger partial charge < -0.3 is 4.74 Å². The van der Waals surface area contributed by atoms with E-state index in [-0.39, 0.29) is 4.90 Å². The predicted molar refractivity (Wildman–Crippen MR) is 155 cm³/mol. The summed E-state index contributed by atoms with van der Waals surface area (Å²) in [6.07, 6.45) is 1.48. The summed E-state index contributed by atoms with van der Waals surface area (Å²) < 4.78 is 33.8. The Balaban J connectivity index is 1.41. The summed E-state index contributed by atoms with van der Waals surface area (Å²) in [7, 11) is -3.99. The zero-order chi connectivity index (χ0) is 27.8. The van der Waals surface area contributed by atoms with Gasteiger partial charge in [0, 0.05) is 5.02 Å². The first-order chi connectivity index (χ1) is 18.7. The van der Waals surface area contributed by atoms with E-state index in [9.17, 15) is 13.2 Å². The van der Waals surface area contributed by atoms with E-state index in [4.69, 9.17) is 16.3 Å². The van der Waals surface area contributed by atoms with Crippen LogP contribution in [0.5, 0.6) is 5.75 Å². The Kier molecular flexibility index (Phi) is 9.01. The number of aryl methyl sites for hydroxylation is 2. The van der Waals surface area contributed by atoms with Crippen LogP contribution in [-0.4, -0.2) is 27.1 Å². The minimum Gasteiger partial charge on any atom is -0.489 e. The summed E-state index contributed by atoms with van der Waals surface area (Å²) in [4.78, 5) is 12.9. The third kappa shape index (κ3) is 7.46. The van der Waals surface area contributed by atoms with Crippen molar-refractivity contribution < 1.29 is 17.9 Å². The van der Waals surface area contributed by atoms with E-state index in [0.717, 1.165) is 26.6 Å². The molecule has 0 radical (unpaired) electrons. The lowest BCUT2D eigenvalue weighted by molar-refractivity contribution is -0.119. The SMILES string of the molecule is Cc1ccc(N(CC(=O)N/N=C\c2ccc(OCc3ccc(Cl)cc3)cc2)S(=O)(=O)c2ccccc2)c(C)c1. The molecule has 0 saturated carbocycles. The van der Waals surface area contributed by atoms with Crippen molar-refractivity contribution in [3.8, 4) is 5.75 Å². The molecule has 0 spiro atoms. The molecule has 7 nitrogen and oxygen atoms in total. The minimum atomic E-state index is -3.99. The Morgan fingerprint density at radius 2 is 1.64 bits per heavy atom. The van der Waals surface area contributed by atoms with Crippen LogP contribution in [0.15, 0.2) is 107 Å². The molecule has 0 unspecified atom stereocenters. The lowest BCUT2D eigenvalue weighted by Gasteiger charge is -2.25. The second-order valence-electron chi connectivity index (χ2n) is 8.89. The first kappa shape index (κ1) is 27.9. The van der Waals surface area contributed by atoms with Gasteiger partial charge in [-0.3, -0.25) is 9.10 Å².